The first-order valence-corrected chi connectivity index (χ1v) is 17.9. The number of carbonyl (C=O) groups is 1. The molecule has 2 bridgehead atoms. The van der Waals surface area contributed by atoms with Crippen molar-refractivity contribution in [3.63, 3.8) is 0 Å². The van der Waals surface area contributed by atoms with Crippen molar-refractivity contribution in [2.45, 2.75) is 96.2 Å². The van der Waals surface area contributed by atoms with Gasteiger partial charge in [-0.3, -0.25) is 9.80 Å². The topological polar surface area (TPSA) is 82.0 Å². The van der Waals surface area contributed by atoms with Crippen LogP contribution in [0, 0.1) is 0 Å². The largest absolute Gasteiger partial charge is 0.444 e. The number of hydrogen-bond acceptors (Lipinski definition) is 7. The van der Waals surface area contributed by atoms with Gasteiger partial charge < -0.3 is 18.8 Å². The van der Waals surface area contributed by atoms with E-state index in [0.717, 1.165) is 43.3 Å². The molecule has 2 unspecified atom stereocenters. The van der Waals surface area contributed by atoms with Crippen LogP contribution < -0.4 is 0 Å². The third-order valence-corrected chi connectivity index (χ3v) is 9.34. The number of aromatic nitrogens is 3. The third-order valence-electron chi connectivity index (χ3n) is 7.45. The van der Waals surface area contributed by atoms with Gasteiger partial charge in [-0.2, -0.15) is 0 Å². The Morgan fingerprint density at radius 3 is 2.45 bits per heavy atom. The van der Waals surface area contributed by atoms with E-state index >= 15 is 0 Å². The monoisotopic (exact) mass is 563 g/mol. The molecule has 1 aliphatic carbocycles. The van der Waals surface area contributed by atoms with Crippen LogP contribution in [-0.4, -0.2) is 89.3 Å². The molecule has 0 aromatic carbocycles. The van der Waals surface area contributed by atoms with Crippen molar-refractivity contribution in [1.29, 1.82) is 0 Å². The smallest absolute Gasteiger partial charge is 0.411 e. The van der Waals surface area contributed by atoms with E-state index in [0.29, 0.717) is 31.0 Å². The maximum absolute atomic E-state index is 13.0. The summed E-state index contributed by atoms with van der Waals surface area (Å²) in [4.78, 5) is 17.4. The first kappa shape index (κ1) is 27.8. The van der Waals surface area contributed by atoms with E-state index in [2.05, 4.69) is 39.3 Å². The summed E-state index contributed by atoms with van der Waals surface area (Å²) in [6, 6.07) is 3.00. The number of halogens is 1. The van der Waals surface area contributed by atoms with Crippen LogP contribution in [0.3, 0.4) is 0 Å². The predicted octanol–water partition coefficient (Wildman–Crippen LogP) is 5.09. The highest BCUT2D eigenvalue weighted by Gasteiger charge is 2.43. The Labute approximate surface area is 231 Å². The van der Waals surface area contributed by atoms with Gasteiger partial charge in [-0.1, -0.05) is 31.2 Å². The van der Waals surface area contributed by atoms with Crippen LogP contribution in [0.15, 0.2) is 6.07 Å². The summed E-state index contributed by atoms with van der Waals surface area (Å²) < 4.78 is 20.1. The molecule has 0 spiro atoms. The molecule has 38 heavy (non-hydrogen) atoms. The zero-order valence-electron chi connectivity index (χ0n) is 23.6. The van der Waals surface area contributed by atoms with Crippen molar-refractivity contribution in [1.82, 2.24) is 24.6 Å². The number of ether oxygens (including phenoxy) is 3. The second-order valence-electron chi connectivity index (χ2n) is 13.2. The van der Waals surface area contributed by atoms with Gasteiger partial charge in [0.15, 0.2) is 10.8 Å². The summed E-state index contributed by atoms with van der Waals surface area (Å²) in [5.74, 6) is 0.516. The molecule has 1 amide bonds. The molecular weight excluding hydrogens is 522 g/mol. The molecular formula is C27H42ClN5O4Si. The number of fused-ring (bicyclic) bond motifs is 3. The number of hydrogen-bond donors (Lipinski definition) is 0. The molecule has 2 aliphatic heterocycles. The molecule has 0 N–H and O–H groups in total. The molecule has 2 atom stereocenters. The highest BCUT2D eigenvalue weighted by Crippen LogP contribution is 2.46. The standard InChI is InChI=1S/C27H42ClN5O4Si/c1-27(2,3)37-26(34)33-19-12-31(13-20(33)16-36-15-19)14-22-24(18-7-8-18)21-11-23(28)29-30-25(21)32(22)17-35-9-10-38(4,5)6/h11,18-20H,7-10,12-17H2,1-6H3. The van der Waals surface area contributed by atoms with E-state index < -0.39 is 13.7 Å². The summed E-state index contributed by atoms with van der Waals surface area (Å²) in [5, 5.41) is 10.2. The molecule has 9 nitrogen and oxygen atoms in total. The summed E-state index contributed by atoms with van der Waals surface area (Å²) in [7, 11) is -1.19. The first-order chi connectivity index (χ1) is 17.9. The van der Waals surface area contributed by atoms with Gasteiger partial charge in [0.05, 0.1) is 25.3 Å². The molecule has 11 heteroatoms. The zero-order chi connectivity index (χ0) is 27.2. The van der Waals surface area contributed by atoms with Crippen molar-refractivity contribution < 1.29 is 19.0 Å². The molecule has 3 aliphatic rings. The van der Waals surface area contributed by atoms with Crippen molar-refractivity contribution in [3.8, 4) is 0 Å². The number of carbonyl (C=O) groups excluding carboxylic acids is 1. The maximum Gasteiger partial charge on any atom is 0.411 e. The molecule has 2 saturated heterocycles. The normalized spacial score (nSPS) is 22.8. The lowest BCUT2D eigenvalue weighted by atomic mass is 10.0. The summed E-state index contributed by atoms with van der Waals surface area (Å²) >= 11 is 6.32. The minimum absolute atomic E-state index is 0.0400. The van der Waals surface area contributed by atoms with E-state index in [1.807, 2.05) is 31.7 Å². The molecule has 4 heterocycles. The first-order valence-electron chi connectivity index (χ1n) is 13.8. The summed E-state index contributed by atoms with van der Waals surface area (Å²) in [5.41, 5.74) is 2.88. The van der Waals surface area contributed by atoms with Crippen molar-refractivity contribution in [3.05, 3.63) is 22.5 Å². The van der Waals surface area contributed by atoms with Crippen LogP contribution in [-0.2, 0) is 27.5 Å². The fourth-order valence-electron chi connectivity index (χ4n) is 5.56. The number of amides is 1. The van der Waals surface area contributed by atoms with Crippen LogP contribution in [0.2, 0.25) is 30.8 Å². The Balaban J connectivity index is 1.40. The fourth-order valence-corrected chi connectivity index (χ4v) is 6.47. The lowest BCUT2D eigenvalue weighted by Gasteiger charge is -2.49. The SMILES string of the molecule is CC(C)(C)OC(=O)N1C2COCC1CN(Cc1c(C3CC3)c3cc(Cl)nnc3n1COCC[Si](C)(C)C)C2. The Hall–Kier alpha value is -1.72. The molecule has 0 radical (unpaired) electrons. The van der Waals surface area contributed by atoms with Crippen LogP contribution in [0.25, 0.3) is 11.0 Å². The minimum atomic E-state index is -1.19. The quantitative estimate of drug-likeness (QED) is 0.326. The van der Waals surface area contributed by atoms with Gasteiger partial charge in [-0.05, 0) is 57.2 Å². The number of piperazine rings is 1. The number of rotatable bonds is 8. The third kappa shape index (κ3) is 6.36. The van der Waals surface area contributed by atoms with Crippen molar-refractivity contribution >= 4 is 36.8 Å². The van der Waals surface area contributed by atoms with Gasteiger partial charge in [-0.15, -0.1) is 10.2 Å². The molecule has 2 aromatic rings. The highest BCUT2D eigenvalue weighted by molar-refractivity contribution is 6.76. The number of morpholine rings is 1. The van der Waals surface area contributed by atoms with E-state index in [1.165, 1.54) is 24.1 Å². The highest BCUT2D eigenvalue weighted by atomic mass is 35.5. The predicted molar refractivity (Wildman–Crippen MR) is 150 cm³/mol. The molecule has 1 saturated carbocycles. The van der Waals surface area contributed by atoms with Gasteiger partial charge >= 0.3 is 6.09 Å². The zero-order valence-corrected chi connectivity index (χ0v) is 25.4. The van der Waals surface area contributed by atoms with Gasteiger partial charge in [0.2, 0.25) is 0 Å². The lowest BCUT2D eigenvalue weighted by Crippen LogP contribution is -2.66. The molecule has 2 aromatic heterocycles. The van der Waals surface area contributed by atoms with Gasteiger partial charge in [0, 0.05) is 45.4 Å². The fraction of sp³-hybridized carbons (Fsp3) is 0.741. The second kappa shape index (κ2) is 10.7. The molecule has 3 fully saturated rings. The van der Waals surface area contributed by atoms with Gasteiger partial charge in [-0.25, -0.2) is 4.79 Å². The Kier molecular flexibility index (Phi) is 7.83. The van der Waals surface area contributed by atoms with Crippen LogP contribution in [0.4, 0.5) is 4.79 Å². The molecule has 210 valence electrons. The number of nitrogens with zero attached hydrogens (tertiary/aromatic N) is 5. The molecule has 5 rings (SSSR count). The Morgan fingerprint density at radius 2 is 1.84 bits per heavy atom. The van der Waals surface area contributed by atoms with Crippen molar-refractivity contribution in [2.75, 3.05) is 32.9 Å². The van der Waals surface area contributed by atoms with Crippen LogP contribution in [0.1, 0.15) is 50.8 Å². The van der Waals surface area contributed by atoms with E-state index in [4.69, 9.17) is 25.8 Å². The maximum atomic E-state index is 13.0. The Bertz CT molecular complexity index is 1160. The van der Waals surface area contributed by atoms with Gasteiger partial charge in [0.25, 0.3) is 0 Å². The minimum Gasteiger partial charge on any atom is -0.444 e. The lowest BCUT2D eigenvalue weighted by molar-refractivity contribution is -0.0992. The van der Waals surface area contributed by atoms with E-state index in [-0.39, 0.29) is 18.2 Å². The second-order valence-corrected chi connectivity index (χ2v) is 19.3. The summed E-state index contributed by atoms with van der Waals surface area (Å²) in [6.45, 7) is 17.3. The average Bonchev–Trinajstić information content (AvgIpc) is 3.58. The van der Waals surface area contributed by atoms with E-state index in [1.54, 1.807) is 0 Å². The van der Waals surface area contributed by atoms with Crippen molar-refractivity contribution in [2.24, 2.45) is 0 Å². The van der Waals surface area contributed by atoms with Crippen LogP contribution in [0.5, 0.6) is 0 Å². The Morgan fingerprint density at radius 1 is 1.16 bits per heavy atom. The van der Waals surface area contributed by atoms with E-state index in [9.17, 15) is 4.79 Å². The van der Waals surface area contributed by atoms with Crippen LogP contribution >= 0.6 is 11.6 Å². The average molecular weight is 564 g/mol. The summed E-state index contributed by atoms with van der Waals surface area (Å²) in [6.07, 6.45) is 2.10. The van der Waals surface area contributed by atoms with Gasteiger partial charge in [0.1, 0.15) is 12.3 Å².